The zero-order chi connectivity index (χ0) is 14.2. The van der Waals surface area contributed by atoms with E-state index >= 15 is 0 Å². The van der Waals surface area contributed by atoms with Crippen LogP contribution in [0.5, 0.6) is 0 Å². The van der Waals surface area contributed by atoms with Crippen molar-refractivity contribution in [3.8, 4) is 0 Å². The van der Waals surface area contributed by atoms with E-state index in [4.69, 9.17) is 9.47 Å². The van der Waals surface area contributed by atoms with Crippen LogP contribution >= 0.6 is 0 Å². The zero-order valence-corrected chi connectivity index (χ0v) is 11.9. The van der Waals surface area contributed by atoms with Crippen molar-refractivity contribution in [2.24, 2.45) is 4.99 Å². The minimum Gasteiger partial charge on any atom is -0.347 e. The average molecular weight is 273 g/mol. The normalized spacial score (nSPS) is 26.6. The fourth-order valence-electron chi connectivity index (χ4n) is 2.92. The van der Waals surface area contributed by atoms with Gasteiger partial charge in [-0.25, -0.2) is 4.79 Å². The number of ether oxygens (including phenoxy) is 2. The molecule has 1 unspecified atom stereocenters. The molecule has 1 aliphatic heterocycles. The van der Waals surface area contributed by atoms with Crippen LogP contribution in [0.15, 0.2) is 29.3 Å². The number of hydrogen-bond donors (Lipinski definition) is 0. The van der Waals surface area contributed by atoms with Crippen LogP contribution in [0.25, 0.3) is 0 Å². The third-order valence-electron chi connectivity index (χ3n) is 4.27. The van der Waals surface area contributed by atoms with E-state index in [-0.39, 0.29) is 11.6 Å². The summed E-state index contributed by atoms with van der Waals surface area (Å²) in [6.07, 6.45) is 4.67. The third-order valence-corrected chi connectivity index (χ3v) is 4.27. The summed E-state index contributed by atoms with van der Waals surface area (Å²) in [5.74, 6) is -0.514. The topological polar surface area (TPSA) is 47.9 Å². The summed E-state index contributed by atoms with van der Waals surface area (Å²) in [6, 6.07) is 8.18. The van der Waals surface area contributed by atoms with Gasteiger partial charge in [0.25, 0.3) is 0 Å². The van der Waals surface area contributed by atoms with E-state index in [9.17, 15) is 4.79 Å². The van der Waals surface area contributed by atoms with Crippen LogP contribution in [-0.4, -0.2) is 18.5 Å². The van der Waals surface area contributed by atoms with E-state index in [1.165, 1.54) is 0 Å². The number of aliphatic imine (C=N–C) groups is 1. The van der Waals surface area contributed by atoms with Crippen molar-refractivity contribution in [1.82, 2.24) is 0 Å². The lowest BCUT2D eigenvalue weighted by Gasteiger charge is -2.37. The van der Waals surface area contributed by atoms with E-state index in [1.807, 2.05) is 38.1 Å². The van der Waals surface area contributed by atoms with Crippen molar-refractivity contribution in [3.63, 3.8) is 0 Å². The van der Waals surface area contributed by atoms with Crippen molar-refractivity contribution in [1.29, 1.82) is 0 Å². The molecule has 1 saturated carbocycles. The van der Waals surface area contributed by atoms with Crippen LogP contribution in [0.2, 0.25) is 0 Å². The molecule has 1 saturated heterocycles. The molecule has 0 radical (unpaired) electrons. The maximum atomic E-state index is 10.6. The van der Waals surface area contributed by atoms with Crippen LogP contribution < -0.4 is 0 Å². The van der Waals surface area contributed by atoms with E-state index in [2.05, 4.69) is 4.99 Å². The van der Waals surface area contributed by atoms with Gasteiger partial charge in [-0.1, -0.05) is 24.3 Å². The highest BCUT2D eigenvalue weighted by atomic mass is 16.7. The molecule has 1 aliphatic carbocycles. The summed E-state index contributed by atoms with van der Waals surface area (Å²) in [5.41, 5.74) is 1.87. The molecule has 0 N–H and O–H groups in total. The maximum Gasteiger partial charge on any atom is 0.235 e. The van der Waals surface area contributed by atoms with Crippen molar-refractivity contribution < 1.29 is 14.3 Å². The smallest absolute Gasteiger partial charge is 0.235 e. The standard InChI is InChI=1S/C16H19NO3/c1-15(2)19-10-14(20-15)12-4-6-13(7-5-12)16(17-11-18)8-3-9-16/h4-7,14H,3,8-10H2,1-2H3. The van der Waals surface area contributed by atoms with Crippen molar-refractivity contribution >= 4 is 6.08 Å². The number of nitrogens with zero attached hydrogens (tertiary/aromatic N) is 1. The first-order valence-corrected chi connectivity index (χ1v) is 7.06. The van der Waals surface area contributed by atoms with Gasteiger partial charge in [0.05, 0.1) is 12.1 Å². The van der Waals surface area contributed by atoms with Crippen LogP contribution in [0, 0.1) is 0 Å². The highest BCUT2D eigenvalue weighted by molar-refractivity contribution is 5.40. The summed E-state index contributed by atoms with van der Waals surface area (Å²) in [6.45, 7) is 4.41. The van der Waals surface area contributed by atoms with Gasteiger partial charge in [0, 0.05) is 0 Å². The monoisotopic (exact) mass is 273 g/mol. The Morgan fingerprint density at radius 3 is 2.40 bits per heavy atom. The fraction of sp³-hybridized carbons (Fsp3) is 0.562. The molecule has 4 heteroatoms. The molecule has 4 nitrogen and oxygen atoms in total. The van der Waals surface area contributed by atoms with Gasteiger partial charge < -0.3 is 9.47 Å². The van der Waals surface area contributed by atoms with Crippen LogP contribution in [-0.2, 0) is 19.8 Å². The third kappa shape index (κ3) is 2.31. The van der Waals surface area contributed by atoms with Gasteiger partial charge in [-0.15, -0.1) is 0 Å². The second-order valence-electron chi connectivity index (χ2n) is 6.03. The SMILES string of the molecule is CC1(C)OCC(c2ccc(C3(N=C=O)CCC3)cc2)O1. The minimum atomic E-state index is -0.514. The Labute approximate surface area is 118 Å². The molecule has 20 heavy (non-hydrogen) atoms. The molecule has 1 atom stereocenters. The van der Waals surface area contributed by atoms with Crippen molar-refractivity contribution in [2.75, 3.05) is 6.61 Å². The quantitative estimate of drug-likeness (QED) is 0.627. The Morgan fingerprint density at radius 1 is 1.25 bits per heavy atom. The summed E-state index contributed by atoms with van der Waals surface area (Å²) < 4.78 is 11.4. The van der Waals surface area contributed by atoms with Gasteiger partial charge in [0.15, 0.2) is 5.79 Å². The second kappa shape index (κ2) is 4.81. The molecule has 0 bridgehead atoms. The first-order chi connectivity index (χ1) is 9.55. The molecule has 0 spiro atoms. The fourth-order valence-corrected chi connectivity index (χ4v) is 2.92. The van der Waals surface area contributed by atoms with Crippen molar-refractivity contribution in [2.45, 2.75) is 50.5 Å². The molecule has 1 aromatic rings. The molecule has 2 fully saturated rings. The van der Waals surface area contributed by atoms with Crippen LogP contribution in [0.1, 0.15) is 50.3 Å². The summed E-state index contributed by atoms with van der Waals surface area (Å²) >= 11 is 0. The van der Waals surface area contributed by atoms with E-state index < -0.39 is 5.79 Å². The molecule has 1 heterocycles. The number of isocyanates is 1. The Morgan fingerprint density at radius 2 is 1.95 bits per heavy atom. The molecular formula is C16H19NO3. The van der Waals surface area contributed by atoms with Gasteiger partial charge in [-0.05, 0) is 44.2 Å². The predicted molar refractivity (Wildman–Crippen MR) is 73.9 cm³/mol. The van der Waals surface area contributed by atoms with Gasteiger partial charge in [-0.3, -0.25) is 0 Å². The average Bonchev–Trinajstić information content (AvgIpc) is 2.75. The molecular weight excluding hydrogens is 254 g/mol. The Bertz CT molecular complexity index is 539. The number of carbonyl (C=O) groups excluding carboxylic acids is 1. The lowest BCUT2D eigenvalue weighted by Crippen LogP contribution is -2.31. The number of benzene rings is 1. The minimum absolute atomic E-state index is 0.0223. The molecule has 106 valence electrons. The van der Waals surface area contributed by atoms with Gasteiger partial charge >= 0.3 is 0 Å². The van der Waals surface area contributed by atoms with E-state index in [1.54, 1.807) is 6.08 Å². The molecule has 1 aromatic carbocycles. The van der Waals surface area contributed by atoms with Gasteiger partial charge in [0.2, 0.25) is 6.08 Å². The molecule has 2 aliphatic rings. The van der Waals surface area contributed by atoms with Crippen LogP contribution in [0.4, 0.5) is 0 Å². The molecule has 3 rings (SSSR count). The van der Waals surface area contributed by atoms with E-state index in [0.717, 1.165) is 30.4 Å². The highest BCUT2D eigenvalue weighted by Gasteiger charge is 2.39. The summed E-state index contributed by atoms with van der Waals surface area (Å²) in [5, 5.41) is 0. The van der Waals surface area contributed by atoms with Gasteiger partial charge in [0.1, 0.15) is 6.10 Å². The number of rotatable bonds is 3. The Kier molecular flexibility index (Phi) is 3.25. The first-order valence-electron chi connectivity index (χ1n) is 7.06. The Hall–Kier alpha value is -1.48. The van der Waals surface area contributed by atoms with Crippen LogP contribution in [0.3, 0.4) is 0 Å². The zero-order valence-electron chi connectivity index (χ0n) is 11.9. The van der Waals surface area contributed by atoms with E-state index in [0.29, 0.717) is 6.61 Å². The highest BCUT2D eigenvalue weighted by Crippen LogP contribution is 2.45. The summed E-state index contributed by atoms with van der Waals surface area (Å²) in [4.78, 5) is 14.6. The second-order valence-corrected chi connectivity index (χ2v) is 6.03. The van der Waals surface area contributed by atoms with Crippen molar-refractivity contribution in [3.05, 3.63) is 35.4 Å². The number of hydrogen-bond acceptors (Lipinski definition) is 4. The predicted octanol–water partition coefficient (Wildman–Crippen LogP) is 3.23. The summed E-state index contributed by atoms with van der Waals surface area (Å²) in [7, 11) is 0. The molecule has 0 amide bonds. The maximum absolute atomic E-state index is 10.6. The lowest BCUT2D eigenvalue weighted by molar-refractivity contribution is -0.139. The Balaban J connectivity index is 1.80. The first kappa shape index (κ1) is 13.5. The lowest BCUT2D eigenvalue weighted by atomic mass is 9.72. The largest absolute Gasteiger partial charge is 0.347 e. The molecule has 0 aromatic heterocycles. The van der Waals surface area contributed by atoms with Gasteiger partial charge in [-0.2, -0.15) is 4.99 Å².